The van der Waals surface area contributed by atoms with Gasteiger partial charge >= 0.3 is 0 Å². The van der Waals surface area contributed by atoms with Crippen LogP contribution in [0, 0.1) is 0 Å². The molecule has 0 aromatic carbocycles. The lowest BCUT2D eigenvalue weighted by Gasteiger charge is -2.05. The minimum Gasteiger partial charge on any atom is -0.369 e. The Labute approximate surface area is 111 Å². The summed E-state index contributed by atoms with van der Waals surface area (Å²) >= 11 is 0. The molecule has 6 nitrogen and oxygen atoms in total. The van der Waals surface area contributed by atoms with Gasteiger partial charge in [-0.1, -0.05) is 6.07 Å². The van der Waals surface area contributed by atoms with Crippen molar-refractivity contribution in [3.8, 4) is 0 Å². The van der Waals surface area contributed by atoms with E-state index in [2.05, 4.69) is 25.6 Å². The second-order valence-electron chi connectivity index (χ2n) is 3.86. The van der Waals surface area contributed by atoms with Crippen LogP contribution in [0.3, 0.4) is 0 Å². The van der Waals surface area contributed by atoms with Crippen LogP contribution in [0.2, 0.25) is 0 Å². The van der Waals surface area contributed by atoms with E-state index < -0.39 is 0 Å². The quantitative estimate of drug-likeness (QED) is 0.842. The maximum atomic E-state index is 11.8. The standard InChI is InChI=1S/C13H15N5O/c1-2-15-12-9-16-11(8-17-12)13(19)18-7-10-4-3-5-14-6-10/h3-6,8-9H,2,7H2,1H3,(H,15,17)(H,18,19). The highest BCUT2D eigenvalue weighted by Gasteiger charge is 2.07. The van der Waals surface area contributed by atoms with Crippen LogP contribution < -0.4 is 10.6 Å². The van der Waals surface area contributed by atoms with E-state index in [9.17, 15) is 4.79 Å². The first-order valence-electron chi connectivity index (χ1n) is 6.02. The maximum Gasteiger partial charge on any atom is 0.271 e. The molecule has 19 heavy (non-hydrogen) atoms. The van der Waals surface area contributed by atoms with Gasteiger partial charge in [0.05, 0.1) is 12.4 Å². The van der Waals surface area contributed by atoms with Gasteiger partial charge in [0, 0.05) is 25.5 Å². The molecule has 2 aromatic rings. The van der Waals surface area contributed by atoms with Gasteiger partial charge in [-0.25, -0.2) is 9.97 Å². The fraction of sp³-hybridized carbons (Fsp3) is 0.231. The molecule has 1 amide bonds. The average Bonchev–Trinajstić information content (AvgIpc) is 2.47. The Balaban J connectivity index is 1.92. The molecule has 0 fully saturated rings. The molecule has 2 heterocycles. The molecule has 0 spiro atoms. The van der Waals surface area contributed by atoms with Crippen LogP contribution in [0.4, 0.5) is 5.82 Å². The van der Waals surface area contributed by atoms with Crippen LogP contribution in [-0.4, -0.2) is 27.4 Å². The summed E-state index contributed by atoms with van der Waals surface area (Å²) in [5, 5.41) is 5.78. The van der Waals surface area contributed by atoms with Crippen molar-refractivity contribution in [1.82, 2.24) is 20.3 Å². The fourth-order valence-corrected chi connectivity index (χ4v) is 1.49. The number of carbonyl (C=O) groups excluding carboxylic acids is 1. The predicted molar refractivity (Wildman–Crippen MR) is 71.6 cm³/mol. The summed E-state index contributed by atoms with van der Waals surface area (Å²) in [6.07, 6.45) is 6.40. The number of carbonyl (C=O) groups is 1. The number of amides is 1. The lowest BCUT2D eigenvalue weighted by Crippen LogP contribution is -2.24. The Morgan fingerprint density at radius 2 is 2.16 bits per heavy atom. The monoisotopic (exact) mass is 257 g/mol. The minimum atomic E-state index is -0.251. The van der Waals surface area contributed by atoms with E-state index in [1.807, 2.05) is 19.1 Å². The molecule has 0 atom stereocenters. The molecule has 2 N–H and O–H groups in total. The van der Waals surface area contributed by atoms with Gasteiger partial charge in [0.25, 0.3) is 5.91 Å². The molecule has 0 saturated carbocycles. The zero-order chi connectivity index (χ0) is 13.5. The Morgan fingerprint density at radius 1 is 1.26 bits per heavy atom. The third kappa shape index (κ3) is 3.74. The van der Waals surface area contributed by atoms with Crippen molar-refractivity contribution in [3.63, 3.8) is 0 Å². The third-order valence-corrected chi connectivity index (χ3v) is 2.42. The van der Waals surface area contributed by atoms with E-state index in [-0.39, 0.29) is 5.91 Å². The van der Waals surface area contributed by atoms with E-state index in [4.69, 9.17) is 0 Å². The summed E-state index contributed by atoms with van der Waals surface area (Å²) in [6.45, 7) is 3.15. The lowest BCUT2D eigenvalue weighted by molar-refractivity contribution is 0.0945. The summed E-state index contributed by atoms with van der Waals surface area (Å²) in [7, 11) is 0. The Morgan fingerprint density at radius 3 is 2.79 bits per heavy atom. The Kier molecular flexibility index (Phi) is 4.39. The van der Waals surface area contributed by atoms with E-state index in [1.165, 1.54) is 6.20 Å². The van der Waals surface area contributed by atoms with Crippen LogP contribution in [0.25, 0.3) is 0 Å². The molecule has 98 valence electrons. The van der Waals surface area contributed by atoms with Gasteiger partial charge in [-0.3, -0.25) is 9.78 Å². The van der Waals surface area contributed by atoms with E-state index in [0.29, 0.717) is 18.1 Å². The summed E-state index contributed by atoms with van der Waals surface area (Å²) < 4.78 is 0. The van der Waals surface area contributed by atoms with Crippen molar-refractivity contribution in [2.45, 2.75) is 13.5 Å². The SMILES string of the molecule is CCNc1cnc(C(=O)NCc2cccnc2)cn1. The van der Waals surface area contributed by atoms with Crippen molar-refractivity contribution < 1.29 is 4.79 Å². The van der Waals surface area contributed by atoms with Gasteiger partial charge in [-0.05, 0) is 18.6 Å². The van der Waals surface area contributed by atoms with Crippen LogP contribution in [0.15, 0.2) is 36.9 Å². The highest BCUT2D eigenvalue weighted by Crippen LogP contribution is 2.01. The van der Waals surface area contributed by atoms with E-state index >= 15 is 0 Å². The largest absolute Gasteiger partial charge is 0.369 e. The number of aromatic nitrogens is 3. The molecule has 0 radical (unpaired) electrons. The first-order chi connectivity index (χ1) is 9.29. The number of pyridine rings is 1. The first kappa shape index (κ1) is 12.9. The van der Waals surface area contributed by atoms with Gasteiger partial charge in [0.15, 0.2) is 0 Å². The van der Waals surface area contributed by atoms with E-state index in [0.717, 1.165) is 12.1 Å². The Bertz CT molecular complexity index is 526. The van der Waals surface area contributed by atoms with Crippen LogP contribution in [0.5, 0.6) is 0 Å². The van der Waals surface area contributed by atoms with Crippen molar-refractivity contribution in [2.24, 2.45) is 0 Å². The maximum absolute atomic E-state index is 11.8. The molecule has 0 aliphatic carbocycles. The topological polar surface area (TPSA) is 79.8 Å². The van der Waals surface area contributed by atoms with Gasteiger partial charge in [-0.2, -0.15) is 0 Å². The summed E-state index contributed by atoms with van der Waals surface area (Å²) in [6, 6.07) is 3.72. The van der Waals surface area contributed by atoms with E-state index in [1.54, 1.807) is 18.6 Å². The van der Waals surface area contributed by atoms with Gasteiger partial charge < -0.3 is 10.6 Å². The fourth-order valence-electron chi connectivity index (χ4n) is 1.49. The molecule has 2 rings (SSSR count). The lowest BCUT2D eigenvalue weighted by atomic mass is 10.3. The molecule has 0 saturated heterocycles. The van der Waals surface area contributed by atoms with Gasteiger partial charge in [0.1, 0.15) is 11.5 Å². The molecule has 0 aliphatic heterocycles. The molecule has 2 aromatic heterocycles. The van der Waals surface area contributed by atoms with Crippen molar-refractivity contribution >= 4 is 11.7 Å². The zero-order valence-corrected chi connectivity index (χ0v) is 10.6. The van der Waals surface area contributed by atoms with Crippen molar-refractivity contribution in [1.29, 1.82) is 0 Å². The van der Waals surface area contributed by atoms with Crippen LogP contribution in [-0.2, 0) is 6.54 Å². The highest BCUT2D eigenvalue weighted by molar-refractivity contribution is 5.91. The van der Waals surface area contributed by atoms with Crippen LogP contribution >= 0.6 is 0 Å². The van der Waals surface area contributed by atoms with Crippen molar-refractivity contribution in [2.75, 3.05) is 11.9 Å². The smallest absolute Gasteiger partial charge is 0.271 e. The second kappa shape index (κ2) is 6.44. The summed E-state index contributed by atoms with van der Waals surface area (Å²) in [4.78, 5) is 24.0. The number of hydrogen-bond donors (Lipinski definition) is 2. The third-order valence-electron chi connectivity index (χ3n) is 2.42. The average molecular weight is 257 g/mol. The molecular weight excluding hydrogens is 242 g/mol. The molecule has 6 heteroatoms. The highest BCUT2D eigenvalue weighted by atomic mass is 16.1. The number of rotatable bonds is 5. The number of nitrogens with one attached hydrogen (secondary N) is 2. The Hall–Kier alpha value is -2.50. The normalized spacial score (nSPS) is 9.95. The zero-order valence-electron chi connectivity index (χ0n) is 10.6. The molecule has 0 unspecified atom stereocenters. The summed E-state index contributed by atoms with van der Waals surface area (Å²) in [5.74, 6) is 0.408. The molecular formula is C13H15N5O. The van der Waals surface area contributed by atoms with Crippen molar-refractivity contribution in [3.05, 3.63) is 48.2 Å². The van der Waals surface area contributed by atoms with Gasteiger partial charge in [0.2, 0.25) is 0 Å². The van der Waals surface area contributed by atoms with Gasteiger partial charge in [-0.15, -0.1) is 0 Å². The number of hydrogen-bond acceptors (Lipinski definition) is 5. The predicted octanol–water partition coefficient (Wildman–Crippen LogP) is 1.23. The minimum absolute atomic E-state index is 0.251. The van der Waals surface area contributed by atoms with Crippen LogP contribution in [0.1, 0.15) is 23.0 Å². The molecule has 0 bridgehead atoms. The first-order valence-corrected chi connectivity index (χ1v) is 6.02. The molecule has 0 aliphatic rings. The number of anilines is 1. The summed E-state index contributed by atoms with van der Waals surface area (Å²) in [5.41, 5.74) is 1.23. The number of nitrogens with zero attached hydrogens (tertiary/aromatic N) is 3. The second-order valence-corrected chi connectivity index (χ2v) is 3.86.